The molecule has 4 nitrogen and oxygen atoms in total. The van der Waals surface area contributed by atoms with Crippen LogP contribution in [0.2, 0.25) is 0 Å². The lowest BCUT2D eigenvalue weighted by Gasteiger charge is -2.36. The molecule has 0 heterocycles. The summed E-state index contributed by atoms with van der Waals surface area (Å²) in [5.41, 5.74) is -0.775. The zero-order chi connectivity index (χ0) is 11.5. The van der Waals surface area contributed by atoms with Crippen molar-refractivity contribution in [2.45, 2.75) is 45.1 Å². The van der Waals surface area contributed by atoms with Gasteiger partial charge in [-0.25, -0.2) is 13.1 Å². The molecule has 1 rings (SSSR count). The van der Waals surface area contributed by atoms with Crippen molar-refractivity contribution in [3.05, 3.63) is 0 Å². The van der Waals surface area contributed by atoms with Crippen molar-refractivity contribution >= 4 is 10.0 Å². The smallest absolute Gasteiger partial charge is 0.211 e. The molecule has 1 aliphatic rings. The Balaban J connectivity index is 2.36. The van der Waals surface area contributed by atoms with Crippen LogP contribution in [-0.2, 0) is 10.0 Å². The number of hydrogen-bond acceptors (Lipinski definition) is 3. The van der Waals surface area contributed by atoms with Crippen molar-refractivity contribution in [2.24, 2.45) is 5.92 Å². The molecule has 90 valence electrons. The second-order valence-electron chi connectivity index (χ2n) is 4.69. The minimum atomic E-state index is -3.21. The molecular weight excluding hydrogens is 214 g/mol. The van der Waals surface area contributed by atoms with Crippen LogP contribution in [0, 0.1) is 5.92 Å². The largest absolute Gasteiger partial charge is 0.389 e. The van der Waals surface area contributed by atoms with Crippen LogP contribution in [0.3, 0.4) is 0 Å². The average molecular weight is 235 g/mol. The van der Waals surface area contributed by atoms with E-state index in [0.29, 0.717) is 12.8 Å². The molecule has 1 saturated carbocycles. The van der Waals surface area contributed by atoms with Crippen LogP contribution >= 0.6 is 0 Å². The van der Waals surface area contributed by atoms with Gasteiger partial charge in [0.15, 0.2) is 0 Å². The van der Waals surface area contributed by atoms with E-state index < -0.39 is 15.6 Å². The van der Waals surface area contributed by atoms with Crippen LogP contribution in [0.25, 0.3) is 0 Å². The van der Waals surface area contributed by atoms with E-state index in [4.69, 9.17) is 0 Å². The number of sulfonamides is 1. The summed E-state index contributed by atoms with van der Waals surface area (Å²) in [5.74, 6) is 0.318. The molecule has 1 atom stereocenters. The molecule has 0 spiro atoms. The van der Waals surface area contributed by atoms with Gasteiger partial charge in [0.05, 0.1) is 11.4 Å². The van der Waals surface area contributed by atoms with Gasteiger partial charge in [0, 0.05) is 6.54 Å². The molecule has 1 aliphatic carbocycles. The lowest BCUT2D eigenvalue weighted by atomic mass is 9.81. The summed E-state index contributed by atoms with van der Waals surface area (Å²) in [7, 11) is -3.21. The molecule has 1 fully saturated rings. The van der Waals surface area contributed by atoms with Crippen LogP contribution in [-0.4, -0.2) is 31.4 Å². The average Bonchev–Trinajstić information content (AvgIpc) is 2.11. The van der Waals surface area contributed by atoms with Gasteiger partial charge in [0.2, 0.25) is 10.0 Å². The van der Waals surface area contributed by atoms with Gasteiger partial charge in [-0.2, -0.15) is 0 Å². The molecule has 15 heavy (non-hydrogen) atoms. The Labute approximate surface area is 92.1 Å². The molecule has 0 aromatic carbocycles. The molecule has 0 amide bonds. The first kappa shape index (κ1) is 12.9. The normalized spacial score (nSPS) is 22.1. The Morgan fingerprint density at radius 2 is 2.07 bits per heavy atom. The van der Waals surface area contributed by atoms with Crippen LogP contribution in [0.1, 0.15) is 39.5 Å². The summed E-state index contributed by atoms with van der Waals surface area (Å²) in [5, 5.41) is 9.74. The maximum atomic E-state index is 11.6. The van der Waals surface area contributed by atoms with Crippen molar-refractivity contribution in [3.63, 3.8) is 0 Å². The molecule has 2 N–H and O–H groups in total. The molecular formula is C10H21NO3S. The van der Waals surface area contributed by atoms with Crippen molar-refractivity contribution < 1.29 is 13.5 Å². The minimum Gasteiger partial charge on any atom is -0.389 e. The zero-order valence-corrected chi connectivity index (χ0v) is 10.3. The third-order valence-corrected chi connectivity index (χ3v) is 4.70. The number of aliphatic hydroxyl groups is 1. The number of rotatable bonds is 6. The Bertz CT molecular complexity index is 296. The molecule has 0 aromatic heterocycles. The fourth-order valence-corrected chi connectivity index (χ4v) is 3.15. The van der Waals surface area contributed by atoms with Gasteiger partial charge in [-0.1, -0.05) is 20.3 Å². The maximum absolute atomic E-state index is 11.6. The quantitative estimate of drug-likeness (QED) is 0.718. The SMILES string of the molecule is CCC(C)CS(=O)(=O)NCC1(O)CCC1. The van der Waals surface area contributed by atoms with E-state index in [9.17, 15) is 13.5 Å². The summed E-state index contributed by atoms with van der Waals surface area (Å²) >= 11 is 0. The van der Waals surface area contributed by atoms with Gasteiger partial charge in [0.25, 0.3) is 0 Å². The summed E-state index contributed by atoms with van der Waals surface area (Å²) in [4.78, 5) is 0. The maximum Gasteiger partial charge on any atom is 0.211 e. The van der Waals surface area contributed by atoms with Gasteiger partial charge in [-0.05, 0) is 25.2 Å². The van der Waals surface area contributed by atoms with E-state index in [2.05, 4.69) is 4.72 Å². The molecule has 0 radical (unpaired) electrons. The lowest BCUT2D eigenvalue weighted by Crippen LogP contribution is -2.48. The first-order valence-electron chi connectivity index (χ1n) is 5.56. The fourth-order valence-electron chi connectivity index (χ4n) is 1.56. The van der Waals surface area contributed by atoms with E-state index in [1.807, 2.05) is 13.8 Å². The molecule has 5 heteroatoms. The summed E-state index contributed by atoms with van der Waals surface area (Å²) in [6.45, 7) is 4.06. The number of nitrogens with one attached hydrogen (secondary N) is 1. The molecule has 1 unspecified atom stereocenters. The van der Waals surface area contributed by atoms with Gasteiger partial charge in [0.1, 0.15) is 0 Å². The second-order valence-corrected chi connectivity index (χ2v) is 6.55. The molecule has 0 aromatic rings. The predicted octanol–water partition coefficient (Wildman–Crippen LogP) is 0.867. The summed E-state index contributed by atoms with van der Waals surface area (Å²) in [6, 6.07) is 0. The Morgan fingerprint density at radius 1 is 1.47 bits per heavy atom. The fraction of sp³-hybridized carbons (Fsp3) is 1.00. The van der Waals surface area contributed by atoms with E-state index >= 15 is 0 Å². The minimum absolute atomic E-state index is 0.152. The monoisotopic (exact) mass is 235 g/mol. The van der Waals surface area contributed by atoms with Crippen LogP contribution in [0.5, 0.6) is 0 Å². The van der Waals surface area contributed by atoms with Gasteiger partial charge < -0.3 is 5.11 Å². The van der Waals surface area contributed by atoms with E-state index in [0.717, 1.165) is 12.8 Å². The van der Waals surface area contributed by atoms with E-state index in [1.54, 1.807) is 0 Å². The third-order valence-electron chi connectivity index (χ3n) is 3.11. The topological polar surface area (TPSA) is 66.4 Å². The van der Waals surface area contributed by atoms with Crippen molar-refractivity contribution in [3.8, 4) is 0 Å². The van der Waals surface area contributed by atoms with Crippen LogP contribution in [0.4, 0.5) is 0 Å². The van der Waals surface area contributed by atoms with Crippen molar-refractivity contribution in [1.29, 1.82) is 0 Å². The standard InChI is InChI=1S/C10H21NO3S/c1-3-9(2)7-15(13,14)11-8-10(12)5-4-6-10/h9,11-12H,3-8H2,1-2H3. The summed E-state index contributed by atoms with van der Waals surface area (Å²) in [6.07, 6.45) is 3.26. The number of hydrogen-bond donors (Lipinski definition) is 2. The van der Waals surface area contributed by atoms with Crippen LogP contribution in [0.15, 0.2) is 0 Å². The Kier molecular flexibility index (Phi) is 4.14. The highest BCUT2D eigenvalue weighted by Gasteiger charge is 2.35. The highest BCUT2D eigenvalue weighted by atomic mass is 32.2. The molecule has 0 aliphatic heterocycles. The van der Waals surface area contributed by atoms with E-state index in [-0.39, 0.29) is 18.2 Å². The third kappa shape index (κ3) is 4.09. The van der Waals surface area contributed by atoms with Crippen LogP contribution < -0.4 is 4.72 Å². The van der Waals surface area contributed by atoms with E-state index in [1.165, 1.54) is 0 Å². The van der Waals surface area contributed by atoms with Gasteiger partial charge >= 0.3 is 0 Å². The first-order valence-corrected chi connectivity index (χ1v) is 7.22. The lowest BCUT2D eigenvalue weighted by molar-refractivity contribution is -0.0271. The second kappa shape index (κ2) is 4.80. The van der Waals surface area contributed by atoms with Crippen molar-refractivity contribution in [2.75, 3.05) is 12.3 Å². The predicted molar refractivity (Wildman–Crippen MR) is 60.0 cm³/mol. The molecule has 0 saturated heterocycles. The van der Waals surface area contributed by atoms with Crippen molar-refractivity contribution in [1.82, 2.24) is 4.72 Å². The van der Waals surface area contributed by atoms with Gasteiger partial charge in [-0.15, -0.1) is 0 Å². The van der Waals surface area contributed by atoms with Gasteiger partial charge in [-0.3, -0.25) is 0 Å². The highest BCUT2D eigenvalue weighted by molar-refractivity contribution is 7.89. The zero-order valence-electron chi connectivity index (χ0n) is 9.49. The molecule has 0 bridgehead atoms. The highest BCUT2D eigenvalue weighted by Crippen LogP contribution is 2.30. The Morgan fingerprint density at radius 3 is 2.47 bits per heavy atom. The Hall–Kier alpha value is -0.130. The summed E-state index contributed by atoms with van der Waals surface area (Å²) < 4.78 is 25.6. The first-order chi connectivity index (χ1) is 6.87.